The summed E-state index contributed by atoms with van der Waals surface area (Å²) in [5.41, 5.74) is 3.35. The zero-order valence-corrected chi connectivity index (χ0v) is 19.0. The van der Waals surface area contributed by atoms with E-state index in [0.717, 1.165) is 37.9 Å². The Hall–Kier alpha value is -3.12. The van der Waals surface area contributed by atoms with Crippen LogP contribution in [0.15, 0.2) is 83.8 Å². The van der Waals surface area contributed by atoms with Crippen molar-refractivity contribution in [1.29, 1.82) is 0 Å². The predicted octanol–water partition coefficient (Wildman–Crippen LogP) is 4.89. The van der Waals surface area contributed by atoms with Crippen LogP contribution >= 0.6 is 0 Å². The molecule has 32 heavy (non-hydrogen) atoms. The van der Waals surface area contributed by atoms with Crippen LogP contribution in [-0.4, -0.2) is 32.3 Å². The maximum absolute atomic E-state index is 12.9. The van der Waals surface area contributed by atoms with Crippen LogP contribution in [0.1, 0.15) is 34.3 Å². The lowest BCUT2D eigenvalue weighted by molar-refractivity contribution is 0.0690. The van der Waals surface area contributed by atoms with E-state index in [1.807, 2.05) is 17.9 Å². The Balaban J connectivity index is 1.34. The fourth-order valence-corrected chi connectivity index (χ4v) is 5.14. The number of amides is 1. The summed E-state index contributed by atoms with van der Waals surface area (Å²) in [5.74, 6) is 0.594. The van der Waals surface area contributed by atoms with Crippen molar-refractivity contribution in [1.82, 2.24) is 4.90 Å². The van der Waals surface area contributed by atoms with Crippen molar-refractivity contribution >= 4 is 21.6 Å². The van der Waals surface area contributed by atoms with Gasteiger partial charge in [0.2, 0.25) is 0 Å². The lowest BCUT2D eigenvalue weighted by atomic mass is 9.90. The van der Waals surface area contributed by atoms with Gasteiger partial charge in [0.15, 0.2) is 0 Å². The maximum atomic E-state index is 12.9. The van der Waals surface area contributed by atoms with E-state index in [9.17, 15) is 13.2 Å². The van der Waals surface area contributed by atoms with Gasteiger partial charge in [-0.1, -0.05) is 48.0 Å². The van der Waals surface area contributed by atoms with Gasteiger partial charge in [0.05, 0.1) is 4.90 Å². The summed E-state index contributed by atoms with van der Waals surface area (Å²) in [6.07, 6.45) is 3.04. The summed E-state index contributed by atoms with van der Waals surface area (Å²) in [5, 5.41) is 0. The largest absolute Gasteiger partial charge is 0.339 e. The average Bonchev–Trinajstić information content (AvgIpc) is 2.80. The molecule has 4 rings (SSSR count). The fourth-order valence-electron chi connectivity index (χ4n) is 4.08. The number of carbonyl (C=O) groups excluding carboxylic acids is 1. The van der Waals surface area contributed by atoms with Crippen molar-refractivity contribution < 1.29 is 13.2 Å². The van der Waals surface area contributed by atoms with Gasteiger partial charge < -0.3 is 4.90 Å². The predicted molar refractivity (Wildman–Crippen MR) is 127 cm³/mol. The molecule has 3 aromatic rings. The van der Waals surface area contributed by atoms with Crippen LogP contribution in [-0.2, 0) is 16.4 Å². The average molecular weight is 449 g/mol. The van der Waals surface area contributed by atoms with Crippen LogP contribution in [0.2, 0.25) is 0 Å². The first-order valence-corrected chi connectivity index (χ1v) is 12.4. The van der Waals surface area contributed by atoms with Gasteiger partial charge in [-0.05, 0) is 74.1 Å². The smallest absolute Gasteiger partial charge is 0.261 e. The molecule has 1 saturated heterocycles. The molecular weight excluding hydrogens is 420 g/mol. The Labute approximate surface area is 190 Å². The molecule has 0 bridgehead atoms. The molecule has 0 radical (unpaired) electrons. The molecule has 0 saturated carbocycles. The summed E-state index contributed by atoms with van der Waals surface area (Å²) in [6.45, 7) is 3.40. The van der Waals surface area contributed by atoms with Gasteiger partial charge in [0.1, 0.15) is 0 Å². The number of piperidine rings is 1. The molecule has 1 fully saturated rings. The highest BCUT2D eigenvalue weighted by atomic mass is 32.2. The van der Waals surface area contributed by atoms with Gasteiger partial charge in [-0.25, -0.2) is 8.42 Å². The van der Waals surface area contributed by atoms with E-state index in [-0.39, 0.29) is 10.8 Å². The summed E-state index contributed by atoms with van der Waals surface area (Å²) in [4.78, 5) is 15.0. The van der Waals surface area contributed by atoms with Crippen molar-refractivity contribution in [2.45, 2.75) is 31.1 Å². The van der Waals surface area contributed by atoms with Crippen LogP contribution in [0.4, 0.5) is 5.69 Å². The Bertz CT molecular complexity index is 1150. The van der Waals surface area contributed by atoms with E-state index in [0.29, 0.717) is 17.2 Å². The van der Waals surface area contributed by atoms with Crippen LogP contribution in [0.5, 0.6) is 0 Å². The molecule has 1 aliphatic heterocycles. The van der Waals surface area contributed by atoms with Crippen molar-refractivity contribution in [3.05, 3.63) is 95.6 Å². The van der Waals surface area contributed by atoms with E-state index in [4.69, 9.17) is 0 Å². The molecule has 3 aromatic carbocycles. The maximum Gasteiger partial charge on any atom is 0.261 e. The quantitative estimate of drug-likeness (QED) is 0.584. The minimum atomic E-state index is -3.66. The summed E-state index contributed by atoms with van der Waals surface area (Å²) >= 11 is 0. The number of nitrogens with zero attached hydrogens (tertiary/aromatic N) is 1. The Kier molecular flexibility index (Phi) is 6.61. The van der Waals surface area contributed by atoms with E-state index < -0.39 is 10.0 Å². The molecule has 0 atom stereocenters. The first kappa shape index (κ1) is 22.1. The molecule has 1 amide bonds. The second kappa shape index (κ2) is 9.57. The van der Waals surface area contributed by atoms with Gasteiger partial charge in [-0.15, -0.1) is 0 Å². The minimum absolute atomic E-state index is 0.00361. The highest BCUT2D eigenvalue weighted by molar-refractivity contribution is 7.92. The van der Waals surface area contributed by atoms with E-state index >= 15 is 0 Å². The number of anilines is 1. The van der Waals surface area contributed by atoms with Crippen molar-refractivity contribution in [3.63, 3.8) is 0 Å². The zero-order chi connectivity index (χ0) is 22.6. The van der Waals surface area contributed by atoms with Gasteiger partial charge in [0, 0.05) is 24.3 Å². The van der Waals surface area contributed by atoms with Crippen LogP contribution in [0.3, 0.4) is 0 Å². The molecular formula is C26H28N2O3S. The van der Waals surface area contributed by atoms with E-state index in [1.165, 1.54) is 5.56 Å². The molecule has 6 heteroatoms. The highest BCUT2D eigenvalue weighted by Gasteiger charge is 2.24. The molecule has 0 aromatic heterocycles. The number of carbonyl (C=O) groups is 1. The molecule has 0 unspecified atom stereocenters. The van der Waals surface area contributed by atoms with Crippen LogP contribution < -0.4 is 4.72 Å². The highest BCUT2D eigenvalue weighted by Crippen LogP contribution is 2.24. The van der Waals surface area contributed by atoms with Crippen molar-refractivity contribution in [2.75, 3.05) is 17.8 Å². The number of rotatable bonds is 6. The molecule has 1 N–H and O–H groups in total. The molecule has 166 valence electrons. The summed E-state index contributed by atoms with van der Waals surface area (Å²) < 4.78 is 27.7. The van der Waals surface area contributed by atoms with Gasteiger partial charge >= 0.3 is 0 Å². The lowest BCUT2D eigenvalue weighted by Crippen LogP contribution is -2.38. The third-order valence-electron chi connectivity index (χ3n) is 5.98. The zero-order valence-electron chi connectivity index (χ0n) is 18.2. The first-order chi connectivity index (χ1) is 15.4. The standard InChI is InChI=1S/C26H28N2O3S/c1-20-7-13-25(14-8-20)32(30,31)27-24-11-9-23(10-12-24)26(29)28-17-15-22(16-18-28)19-21-5-3-2-4-6-21/h2-14,22,27H,15-19H2,1H3. The number of benzene rings is 3. The fraction of sp³-hybridized carbons (Fsp3) is 0.269. The van der Waals surface area contributed by atoms with Gasteiger partial charge in [-0.3, -0.25) is 9.52 Å². The number of aryl methyl sites for hydroxylation is 1. The Morgan fingerprint density at radius 2 is 1.53 bits per heavy atom. The third-order valence-corrected chi connectivity index (χ3v) is 7.38. The number of sulfonamides is 1. The van der Waals surface area contributed by atoms with E-state index in [1.54, 1.807) is 48.5 Å². The van der Waals surface area contributed by atoms with Crippen LogP contribution in [0, 0.1) is 12.8 Å². The van der Waals surface area contributed by atoms with Crippen molar-refractivity contribution in [2.24, 2.45) is 5.92 Å². The lowest BCUT2D eigenvalue weighted by Gasteiger charge is -2.32. The second-order valence-electron chi connectivity index (χ2n) is 8.42. The second-order valence-corrected chi connectivity index (χ2v) is 10.1. The number of hydrogen-bond acceptors (Lipinski definition) is 3. The number of likely N-dealkylation sites (tertiary alicyclic amines) is 1. The number of hydrogen-bond donors (Lipinski definition) is 1. The molecule has 5 nitrogen and oxygen atoms in total. The molecule has 0 spiro atoms. The molecule has 1 aliphatic rings. The summed E-state index contributed by atoms with van der Waals surface area (Å²) in [6, 6.07) is 23.8. The molecule has 0 aliphatic carbocycles. The topological polar surface area (TPSA) is 66.5 Å². The third kappa shape index (κ3) is 5.37. The van der Waals surface area contributed by atoms with Crippen LogP contribution in [0.25, 0.3) is 0 Å². The monoisotopic (exact) mass is 448 g/mol. The Morgan fingerprint density at radius 3 is 2.16 bits per heavy atom. The minimum Gasteiger partial charge on any atom is -0.339 e. The molecule has 1 heterocycles. The number of nitrogens with one attached hydrogen (secondary N) is 1. The summed E-state index contributed by atoms with van der Waals surface area (Å²) in [7, 11) is -3.66. The van der Waals surface area contributed by atoms with Gasteiger partial charge in [0.25, 0.3) is 15.9 Å². The SMILES string of the molecule is Cc1ccc(S(=O)(=O)Nc2ccc(C(=O)N3CCC(Cc4ccccc4)CC3)cc2)cc1. The van der Waals surface area contributed by atoms with E-state index in [2.05, 4.69) is 29.0 Å². The first-order valence-electron chi connectivity index (χ1n) is 10.9. The Morgan fingerprint density at radius 1 is 0.906 bits per heavy atom. The van der Waals surface area contributed by atoms with Crippen molar-refractivity contribution in [3.8, 4) is 0 Å². The normalized spacial score (nSPS) is 14.8. The van der Waals surface area contributed by atoms with Gasteiger partial charge in [-0.2, -0.15) is 0 Å².